The van der Waals surface area contributed by atoms with Gasteiger partial charge < -0.3 is 4.52 Å². The van der Waals surface area contributed by atoms with Crippen LogP contribution in [-0.2, 0) is 9.09 Å². The highest BCUT2D eigenvalue weighted by Gasteiger charge is 2.52. The van der Waals surface area contributed by atoms with Gasteiger partial charge in [-0.3, -0.25) is 4.57 Å². The molecule has 19 heavy (non-hydrogen) atoms. The largest absolute Gasteiger partial charge is 0.307 e. The van der Waals surface area contributed by atoms with E-state index in [0.717, 1.165) is 11.2 Å². The molecule has 0 bridgehead atoms. The smallest absolute Gasteiger partial charge is 0.280 e. The second-order valence-corrected chi connectivity index (χ2v) is 7.31. The van der Waals surface area contributed by atoms with Crippen molar-refractivity contribution in [1.82, 2.24) is 4.67 Å². The van der Waals surface area contributed by atoms with E-state index in [2.05, 4.69) is 6.92 Å². The summed E-state index contributed by atoms with van der Waals surface area (Å²) < 4.78 is 21.0. The van der Waals surface area contributed by atoms with Crippen molar-refractivity contribution in [2.75, 3.05) is 7.05 Å². The van der Waals surface area contributed by atoms with Crippen molar-refractivity contribution in [2.45, 2.75) is 19.1 Å². The minimum atomic E-state index is -2.91. The minimum Gasteiger partial charge on any atom is -0.307 e. The van der Waals surface area contributed by atoms with E-state index in [0.29, 0.717) is 0 Å². The molecule has 1 heterocycles. The lowest BCUT2D eigenvalue weighted by molar-refractivity contribution is 0.211. The summed E-state index contributed by atoms with van der Waals surface area (Å²) in [5, 5.41) is 0. The first kappa shape index (κ1) is 13.4. The van der Waals surface area contributed by atoms with Gasteiger partial charge in [-0.05, 0) is 45.2 Å². The number of likely N-dealkylation sites (N-methyl/N-ethyl adjacent to an activating group) is 1. The van der Waals surface area contributed by atoms with Crippen LogP contribution in [0.2, 0.25) is 0 Å². The van der Waals surface area contributed by atoms with Crippen molar-refractivity contribution in [1.29, 1.82) is 0 Å². The Kier molecular flexibility index (Phi) is 3.55. The first-order chi connectivity index (χ1) is 9.13. The van der Waals surface area contributed by atoms with Crippen molar-refractivity contribution < 1.29 is 9.09 Å². The molecule has 2 aliphatic rings. The molecule has 0 amide bonds. The van der Waals surface area contributed by atoms with Crippen LogP contribution in [0.3, 0.4) is 0 Å². The van der Waals surface area contributed by atoms with Gasteiger partial charge in [0.2, 0.25) is 0 Å². The monoisotopic (exact) mass is 274 g/mol. The van der Waals surface area contributed by atoms with E-state index in [9.17, 15) is 4.57 Å². The fraction of sp³-hybridized carbons (Fsp3) is 0.267. The topological polar surface area (TPSA) is 29.5 Å². The standard InChI is InChI=1S/C15H17NO2P/c1-12-15(13-8-4-3-5-9-13)18-19(17,16(12)2)14-10-6-7-11-14/h3-12,15H,1-2H3/t12-,15-,19+/m0/s1. The molecule has 1 aromatic carbocycles. The number of hydrogen-bond acceptors (Lipinski definition) is 2. The number of rotatable bonds is 2. The highest BCUT2D eigenvalue weighted by atomic mass is 31.2. The first-order valence-electron chi connectivity index (χ1n) is 6.42. The molecule has 1 saturated heterocycles. The van der Waals surface area contributed by atoms with Gasteiger partial charge in [0.1, 0.15) is 6.10 Å². The predicted octanol–water partition coefficient (Wildman–Crippen LogP) is 3.63. The Labute approximate surface area is 115 Å². The molecule has 1 aliphatic heterocycles. The fourth-order valence-corrected chi connectivity index (χ4v) is 4.92. The van der Waals surface area contributed by atoms with Gasteiger partial charge in [0, 0.05) is 6.04 Å². The van der Waals surface area contributed by atoms with Crippen molar-refractivity contribution in [3.8, 4) is 0 Å². The zero-order valence-electron chi connectivity index (χ0n) is 11.1. The molecule has 0 unspecified atom stereocenters. The maximum absolute atomic E-state index is 13.1. The Morgan fingerprint density at radius 3 is 2.42 bits per heavy atom. The molecule has 5 radical (unpaired) electrons. The molecule has 3 nitrogen and oxygen atoms in total. The summed E-state index contributed by atoms with van der Waals surface area (Å²) in [4.78, 5) is 0. The van der Waals surface area contributed by atoms with E-state index in [1.165, 1.54) is 0 Å². The Morgan fingerprint density at radius 1 is 1.16 bits per heavy atom. The maximum atomic E-state index is 13.1. The van der Waals surface area contributed by atoms with Crippen LogP contribution in [0.5, 0.6) is 0 Å². The molecular formula is C15H17NO2P. The maximum Gasteiger partial charge on any atom is 0.280 e. The van der Waals surface area contributed by atoms with E-state index < -0.39 is 7.52 Å². The van der Waals surface area contributed by atoms with Crippen molar-refractivity contribution in [2.24, 2.45) is 0 Å². The molecule has 0 aromatic heterocycles. The van der Waals surface area contributed by atoms with Gasteiger partial charge in [-0.1, -0.05) is 30.3 Å². The van der Waals surface area contributed by atoms with Gasteiger partial charge >= 0.3 is 0 Å². The highest BCUT2D eigenvalue weighted by molar-refractivity contribution is 7.60. The summed E-state index contributed by atoms with van der Waals surface area (Å²) in [6, 6.07) is 10.1. The van der Waals surface area contributed by atoms with Crippen LogP contribution in [0, 0.1) is 31.3 Å². The van der Waals surface area contributed by atoms with Crippen molar-refractivity contribution in [3.05, 3.63) is 67.2 Å². The van der Waals surface area contributed by atoms with E-state index >= 15 is 0 Å². The van der Waals surface area contributed by atoms with Gasteiger partial charge in [0.05, 0.1) is 5.66 Å². The molecule has 4 heteroatoms. The minimum absolute atomic E-state index is 0.0862. The summed E-state index contributed by atoms with van der Waals surface area (Å²) in [6.45, 7) is 2.06. The summed E-state index contributed by atoms with van der Waals surface area (Å²) in [5.74, 6) is 0. The van der Waals surface area contributed by atoms with Crippen LogP contribution < -0.4 is 0 Å². The lowest BCUT2D eigenvalue weighted by atomic mass is 10.0. The van der Waals surface area contributed by atoms with Gasteiger partial charge in [0.25, 0.3) is 7.52 Å². The molecule has 3 rings (SSSR count). The van der Waals surface area contributed by atoms with Gasteiger partial charge in [-0.25, -0.2) is 4.67 Å². The fourth-order valence-electron chi connectivity index (χ4n) is 2.53. The number of nitrogens with zero attached hydrogens (tertiary/aromatic N) is 1. The van der Waals surface area contributed by atoms with Gasteiger partial charge in [-0.2, -0.15) is 0 Å². The molecule has 1 aromatic rings. The molecule has 3 atom stereocenters. The third-order valence-corrected chi connectivity index (χ3v) is 6.46. The van der Waals surface area contributed by atoms with Gasteiger partial charge in [0.15, 0.2) is 0 Å². The Morgan fingerprint density at radius 2 is 1.79 bits per heavy atom. The molecule has 2 fully saturated rings. The number of benzene rings is 1. The van der Waals surface area contributed by atoms with Crippen molar-refractivity contribution in [3.63, 3.8) is 0 Å². The molecule has 1 saturated carbocycles. The average molecular weight is 274 g/mol. The summed E-state index contributed by atoms with van der Waals surface area (Å²) in [6.07, 6.45) is 7.39. The Balaban J connectivity index is 1.89. The summed E-state index contributed by atoms with van der Waals surface area (Å²) >= 11 is 0. The van der Waals surface area contributed by atoms with Crippen molar-refractivity contribution >= 4 is 7.52 Å². The van der Waals surface area contributed by atoms with Crippen LogP contribution in [0.25, 0.3) is 0 Å². The van der Waals surface area contributed by atoms with Crippen LogP contribution in [0.4, 0.5) is 0 Å². The zero-order valence-corrected chi connectivity index (χ0v) is 12.0. The molecule has 0 spiro atoms. The second-order valence-electron chi connectivity index (χ2n) is 4.91. The predicted molar refractivity (Wildman–Crippen MR) is 75.5 cm³/mol. The summed E-state index contributed by atoms with van der Waals surface area (Å²) in [7, 11) is -1.03. The Bertz CT molecular complexity index is 484. The highest BCUT2D eigenvalue weighted by Crippen LogP contribution is 2.70. The second kappa shape index (κ2) is 5.05. The first-order valence-corrected chi connectivity index (χ1v) is 7.99. The van der Waals surface area contributed by atoms with Crippen LogP contribution >= 0.6 is 7.52 Å². The third-order valence-electron chi connectivity index (χ3n) is 3.80. The quantitative estimate of drug-likeness (QED) is 0.771. The molecule has 99 valence electrons. The van der Waals surface area contributed by atoms with E-state index in [1.807, 2.05) is 67.7 Å². The summed E-state index contributed by atoms with van der Waals surface area (Å²) in [5.41, 5.74) is 1.85. The van der Waals surface area contributed by atoms with Crippen LogP contribution in [0.1, 0.15) is 18.6 Å². The van der Waals surface area contributed by atoms with E-state index in [1.54, 1.807) is 0 Å². The van der Waals surface area contributed by atoms with Gasteiger partial charge in [-0.15, -0.1) is 0 Å². The van der Waals surface area contributed by atoms with Crippen LogP contribution in [0.15, 0.2) is 30.3 Å². The third kappa shape index (κ3) is 2.18. The SMILES string of the molecule is C[C@H]1[C@@H](c2ccccc2)O[P@](=O)([C]2[CH][CH][CH][CH]2)N1C. The lowest BCUT2D eigenvalue weighted by Gasteiger charge is -2.24. The molecule has 0 N–H and O–H groups in total. The lowest BCUT2D eigenvalue weighted by Crippen LogP contribution is -2.24. The van der Waals surface area contributed by atoms with Crippen LogP contribution in [-0.4, -0.2) is 17.8 Å². The Hall–Kier alpha value is -0.630. The normalized spacial score (nSPS) is 36.9. The molecular weight excluding hydrogens is 257 g/mol. The van der Waals surface area contributed by atoms with E-state index in [4.69, 9.17) is 4.52 Å². The van der Waals surface area contributed by atoms with E-state index in [-0.39, 0.29) is 12.1 Å². The average Bonchev–Trinajstić information content (AvgIpc) is 3.04. The molecule has 1 aliphatic carbocycles. The zero-order chi connectivity index (χ0) is 13.5. The number of hydrogen-bond donors (Lipinski definition) is 0.